The van der Waals surface area contributed by atoms with Gasteiger partial charge in [0.2, 0.25) is 0 Å². The summed E-state index contributed by atoms with van der Waals surface area (Å²) in [7, 11) is 0. The Morgan fingerprint density at radius 2 is 1.69 bits per heavy atom. The Balaban J connectivity index is 2.66. The number of anilines is 1. The predicted octanol–water partition coefficient (Wildman–Crippen LogP) is 3.17. The topological polar surface area (TPSA) is 12.0 Å². The van der Waals surface area contributed by atoms with Crippen LogP contribution >= 0.6 is 0 Å². The van der Waals surface area contributed by atoms with Gasteiger partial charge in [-0.2, -0.15) is 13.2 Å². The van der Waals surface area contributed by atoms with Crippen molar-refractivity contribution in [3.63, 3.8) is 0 Å². The minimum absolute atomic E-state index is 0.379. The summed E-state index contributed by atoms with van der Waals surface area (Å²) in [5.74, 6) is 0. The van der Waals surface area contributed by atoms with E-state index in [1.165, 1.54) is 12.1 Å². The second-order valence-corrected chi connectivity index (χ2v) is 2.47. The standard InChI is InChI=1S/C9H8F3N/c1-7(9(10,11)12)13-8-5-3-2-4-6-8/h2-6,13H,1H2. The molecule has 0 heterocycles. The number of nitrogens with one attached hydrogen (secondary N) is 1. The first-order valence-electron chi connectivity index (χ1n) is 3.58. The third-order valence-electron chi connectivity index (χ3n) is 1.41. The number of alkyl halides is 3. The van der Waals surface area contributed by atoms with Crippen molar-refractivity contribution in [3.05, 3.63) is 42.6 Å². The fourth-order valence-corrected chi connectivity index (χ4v) is 0.767. The quantitative estimate of drug-likeness (QED) is 0.749. The SMILES string of the molecule is C=C(Nc1ccccc1)C(F)(F)F. The van der Waals surface area contributed by atoms with Crippen molar-refractivity contribution < 1.29 is 13.2 Å². The zero-order valence-corrected chi connectivity index (χ0v) is 6.73. The summed E-state index contributed by atoms with van der Waals surface area (Å²) >= 11 is 0. The molecule has 0 atom stereocenters. The first-order valence-corrected chi connectivity index (χ1v) is 3.58. The molecular weight excluding hydrogens is 179 g/mol. The van der Waals surface area contributed by atoms with Crippen LogP contribution in [0.25, 0.3) is 0 Å². The summed E-state index contributed by atoms with van der Waals surface area (Å²) in [5, 5.41) is 2.16. The number of allylic oxidation sites excluding steroid dienone is 1. The van der Waals surface area contributed by atoms with Gasteiger partial charge in [0, 0.05) is 5.69 Å². The van der Waals surface area contributed by atoms with E-state index in [2.05, 4.69) is 11.9 Å². The van der Waals surface area contributed by atoms with Crippen molar-refractivity contribution in [1.29, 1.82) is 0 Å². The van der Waals surface area contributed by atoms with Gasteiger partial charge in [-0.15, -0.1) is 0 Å². The van der Waals surface area contributed by atoms with Gasteiger partial charge in [0.15, 0.2) is 0 Å². The highest BCUT2D eigenvalue weighted by molar-refractivity contribution is 5.48. The lowest BCUT2D eigenvalue weighted by Gasteiger charge is -2.11. The molecule has 13 heavy (non-hydrogen) atoms. The third-order valence-corrected chi connectivity index (χ3v) is 1.41. The molecule has 0 unspecified atom stereocenters. The van der Waals surface area contributed by atoms with E-state index in [-0.39, 0.29) is 0 Å². The number of rotatable bonds is 2. The second-order valence-electron chi connectivity index (χ2n) is 2.47. The van der Waals surface area contributed by atoms with E-state index in [9.17, 15) is 13.2 Å². The number of benzene rings is 1. The summed E-state index contributed by atoms with van der Waals surface area (Å²) in [6.07, 6.45) is -4.39. The minimum Gasteiger partial charge on any atom is -0.352 e. The molecule has 0 aliphatic rings. The highest BCUT2D eigenvalue weighted by atomic mass is 19.4. The van der Waals surface area contributed by atoms with E-state index in [0.29, 0.717) is 5.69 Å². The van der Waals surface area contributed by atoms with Gasteiger partial charge >= 0.3 is 6.18 Å². The van der Waals surface area contributed by atoms with Crippen molar-refractivity contribution >= 4 is 5.69 Å². The van der Waals surface area contributed by atoms with E-state index in [1.807, 2.05) is 0 Å². The highest BCUT2D eigenvalue weighted by Crippen LogP contribution is 2.25. The van der Waals surface area contributed by atoms with Gasteiger partial charge in [-0.3, -0.25) is 0 Å². The number of hydrogen-bond donors (Lipinski definition) is 1. The number of halogens is 3. The molecule has 0 fully saturated rings. The van der Waals surface area contributed by atoms with Crippen molar-refractivity contribution in [2.45, 2.75) is 6.18 Å². The zero-order valence-electron chi connectivity index (χ0n) is 6.73. The van der Waals surface area contributed by atoms with E-state index in [0.717, 1.165) is 0 Å². The molecule has 0 bridgehead atoms. The Kier molecular flexibility index (Phi) is 2.60. The van der Waals surface area contributed by atoms with Gasteiger partial charge in [0.1, 0.15) is 5.70 Å². The molecule has 0 aliphatic heterocycles. The van der Waals surface area contributed by atoms with Crippen LogP contribution in [0.2, 0.25) is 0 Å². The summed E-state index contributed by atoms with van der Waals surface area (Å²) in [6.45, 7) is 2.89. The maximum atomic E-state index is 12.0. The van der Waals surface area contributed by atoms with Crippen LogP contribution < -0.4 is 5.32 Å². The molecule has 1 aromatic rings. The monoisotopic (exact) mass is 187 g/mol. The lowest BCUT2D eigenvalue weighted by Crippen LogP contribution is -2.17. The molecule has 0 radical (unpaired) electrons. The average molecular weight is 187 g/mol. The van der Waals surface area contributed by atoms with Crippen LogP contribution in [-0.2, 0) is 0 Å². The normalized spacial score (nSPS) is 11.0. The maximum Gasteiger partial charge on any atom is 0.430 e. The minimum atomic E-state index is -4.39. The van der Waals surface area contributed by atoms with Crippen LogP contribution in [0.15, 0.2) is 42.6 Å². The van der Waals surface area contributed by atoms with Crippen LogP contribution in [0.3, 0.4) is 0 Å². The highest BCUT2D eigenvalue weighted by Gasteiger charge is 2.31. The van der Waals surface area contributed by atoms with Crippen LogP contribution in [-0.4, -0.2) is 6.18 Å². The van der Waals surface area contributed by atoms with Crippen molar-refractivity contribution in [3.8, 4) is 0 Å². The third kappa shape index (κ3) is 2.82. The molecule has 0 amide bonds. The second kappa shape index (κ2) is 3.51. The summed E-state index contributed by atoms with van der Waals surface area (Å²) < 4.78 is 35.9. The molecule has 0 saturated heterocycles. The summed E-state index contributed by atoms with van der Waals surface area (Å²) in [4.78, 5) is 0. The first kappa shape index (κ1) is 9.64. The molecule has 4 heteroatoms. The maximum absolute atomic E-state index is 12.0. The van der Waals surface area contributed by atoms with E-state index < -0.39 is 11.9 Å². The molecular formula is C9H8F3N. The number of hydrogen-bond acceptors (Lipinski definition) is 1. The molecule has 1 N–H and O–H groups in total. The molecule has 0 aliphatic carbocycles. The molecule has 0 saturated carbocycles. The van der Waals surface area contributed by atoms with Gasteiger partial charge < -0.3 is 5.32 Å². The van der Waals surface area contributed by atoms with E-state index in [4.69, 9.17) is 0 Å². The lowest BCUT2D eigenvalue weighted by atomic mass is 10.3. The average Bonchev–Trinajstić information content (AvgIpc) is 2.04. The van der Waals surface area contributed by atoms with Crippen LogP contribution in [0, 0.1) is 0 Å². The molecule has 0 aromatic heterocycles. The molecule has 0 spiro atoms. The lowest BCUT2D eigenvalue weighted by molar-refractivity contribution is -0.0898. The fraction of sp³-hybridized carbons (Fsp3) is 0.111. The van der Waals surface area contributed by atoms with Crippen LogP contribution in [0.5, 0.6) is 0 Å². The summed E-state index contributed by atoms with van der Waals surface area (Å²) in [5.41, 5.74) is -0.580. The first-order chi connectivity index (χ1) is 6.00. The Morgan fingerprint density at radius 1 is 1.15 bits per heavy atom. The van der Waals surface area contributed by atoms with Gasteiger partial charge in [-0.1, -0.05) is 24.8 Å². The van der Waals surface area contributed by atoms with E-state index >= 15 is 0 Å². The Hall–Kier alpha value is -1.45. The van der Waals surface area contributed by atoms with Gasteiger partial charge in [0.05, 0.1) is 0 Å². The van der Waals surface area contributed by atoms with Crippen molar-refractivity contribution in [2.24, 2.45) is 0 Å². The van der Waals surface area contributed by atoms with Gasteiger partial charge in [0.25, 0.3) is 0 Å². The smallest absolute Gasteiger partial charge is 0.352 e. The fourth-order valence-electron chi connectivity index (χ4n) is 0.767. The predicted molar refractivity (Wildman–Crippen MR) is 45.3 cm³/mol. The van der Waals surface area contributed by atoms with Crippen LogP contribution in [0.4, 0.5) is 18.9 Å². The largest absolute Gasteiger partial charge is 0.430 e. The van der Waals surface area contributed by atoms with Gasteiger partial charge in [-0.05, 0) is 12.1 Å². The molecule has 1 rings (SSSR count). The Labute approximate surface area is 73.9 Å². The van der Waals surface area contributed by atoms with E-state index in [1.54, 1.807) is 18.2 Å². The Bertz CT molecular complexity index is 289. The number of para-hydroxylation sites is 1. The van der Waals surface area contributed by atoms with Crippen molar-refractivity contribution in [2.75, 3.05) is 5.32 Å². The van der Waals surface area contributed by atoms with Crippen molar-refractivity contribution in [1.82, 2.24) is 0 Å². The summed E-state index contributed by atoms with van der Waals surface area (Å²) in [6, 6.07) is 8.09. The zero-order chi connectivity index (χ0) is 9.90. The molecule has 70 valence electrons. The molecule has 1 nitrogen and oxygen atoms in total. The van der Waals surface area contributed by atoms with Gasteiger partial charge in [-0.25, -0.2) is 0 Å². The molecule has 1 aromatic carbocycles. The Morgan fingerprint density at radius 3 is 2.15 bits per heavy atom. The van der Waals surface area contributed by atoms with Crippen LogP contribution in [0.1, 0.15) is 0 Å².